The molecule has 0 amide bonds. The zero-order chi connectivity index (χ0) is 40.3. The molecule has 12 rings (SSSR count). The Morgan fingerprint density at radius 2 is 0.607 bits per heavy atom. The van der Waals surface area contributed by atoms with E-state index in [0.29, 0.717) is 0 Å². The van der Waals surface area contributed by atoms with Gasteiger partial charge in [-0.25, -0.2) is 0 Å². The van der Waals surface area contributed by atoms with E-state index in [4.69, 9.17) is 4.98 Å². The fraction of sp³-hybridized carbons (Fsp3) is 0. The van der Waals surface area contributed by atoms with Gasteiger partial charge in [-0.3, -0.25) is 4.98 Å². The quantitative estimate of drug-likeness (QED) is 0.124. The van der Waals surface area contributed by atoms with E-state index in [9.17, 15) is 0 Å². The third-order valence-corrected chi connectivity index (χ3v) is 12.4. The number of hydrogen-bond acceptors (Lipinski definition) is 2. The van der Waals surface area contributed by atoms with E-state index in [1.165, 1.54) is 86.9 Å². The number of benzene rings is 11. The lowest BCUT2D eigenvalue weighted by molar-refractivity contribution is 1.28. The molecule has 0 fully saturated rings. The summed E-state index contributed by atoms with van der Waals surface area (Å²) in [5, 5.41) is 14.8. The number of anilines is 3. The van der Waals surface area contributed by atoms with Gasteiger partial charge in [-0.1, -0.05) is 176 Å². The van der Waals surface area contributed by atoms with Crippen LogP contribution in [0.5, 0.6) is 0 Å². The van der Waals surface area contributed by atoms with Gasteiger partial charge in [-0.2, -0.15) is 0 Å². The summed E-state index contributed by atoms with van der Waals surface area (Å²) < 4.78 is 0. The van der Waals surface area contributed by atoms with E-state index in [0.717, 1.165) is 28.3 Å². The molecular formula is C59H38N2. The van der Waals surface area contributed by atoms with Crippen molar-refractivity contribution in [2.45, 2.75) is 0 Å². The SMILES string of the molecule is c1ccc(N(c2ccccc2)c2ccc(-c3c4ccccc4c(-c4c5ccccc5c(-c5ccccn5)c5ccccc45)c4c5ccccc5c5ccccc5c34)cc2)cc1. The summed E-state index contributed by atoms with van der Waals surface area (Å²) in [5.41, 5.74) is 10.4. The van der Waals surface area contributed by atoms with Gasteiger partial charge in [-0.15, -0.1) is 0 Å². The highest BCUT2D eigenvalue weighted by molar-refractivity contribution is 6.39. The monoisotopic (exact) mass is 774 g/mol. The topological polar surface area (TPSA) is 16.1 Å². The lowest BCUT2D eigenvalue weighted by Gasteiger charge is -2.26. The van der Waals surface area contributed by atoms with E-state index >= 15 is 0 Å². The number of rotatable bonds is 6. The van der Waals surface area contributed by atoms with Gasteiger partial charge in [-0.05, 0) is 135 Å². The van der Waals surface area contributed by atoms with Crippen LogP contribution in [0.2, 0.25) is 0 Å². The normalized spacial score (nSPS) is 11.6. The van der Waals surface area contributed by atoms with Gasteiger partial charge >= 0.3 is 0 Å². The minimum absolute atomic E-state index is 0.976. The number of pyridine rings is 1. The summed E-state index contributed by atoms with van der Waals surface area (Å²) >= 11 is 0. The Bertz CT molecular complexity index is 3520. The molecule has 0 radical (unpaired) electrons. The van der Waals surface area contributed by atoms with Crippen molar-refractivity contribution in [2.24, 2.45) is 0 Å². The lowest BCUT2D eigenvalue weighted by Crippen LogP contribution is -2.09. The Labute approximate surface area is 354 Å². The Balaban J connectivity index is 1.23. The minimum Gasteiger partial charge on any atom is -0.311 e. The molecule has 12 aromatic rings. The Hall–Kier alpha value is -8.07. The Morgan fingerprint density at radius 3 is 1.08 bits per heavy atom. The van der Waals surface area contributed by atoms with Crippen LogP contribution in [-0.4, -0.2) is 4.98 Å². The van der Waals surface area contributed by atoms with Gasteiger partial charge in [0, 0.05) is 28.8 Å². The first-order valence-corrected chi connectivity index (χ1v) is 21.0. The zero-order valence-corrected chi connectivity index (χ0v) is 33.3. The Morgan fingerprint density at radius 1 is 0.246 bits per heavy atom. The maximum absolute atomic E-state index is 4.92. The molecule has 2 heteroatoms. The minimum atomic E-state index is 0.976. The second kappa shape index (κ2) is 14.3. The van der Waals surface area contributed by atoms with E-state index in [-0.39, 0.29) is 0 Å². The molecule has 11 aromatic carbocycles. The first kappa shape index (κ1) is 34.9. The van der Waals surface area contributed by atoms with Crippen LogP contribution >= 0.6 is 0 Å². The van der Waals surface area contributed by atoms with E-state index in [2.05, 4.69) is 223 Å². The molecule has 0 spiro atoms. The summed E-state index contributed by atoms with van der Waals surface area (Å²) in [4.78, 5) is 7.25. The van der Waals surface area contributed by atoms with Crippen LogP contribution in [0.3, 0.4) is 0 Å². The smallest absolute Gasteiger partial charge is 0.0714 e. The number of fused-ring (bicyclic) bond motifs is 9. The van der Waals surface area contributed by atoms with Crippen LogP contribution in [0.15, 0.2) is 231 Å². The van der Waals surface area contributed by atoms with Crippen molar-refractivity contribution in [3.63, 3.8) is 0 Å². The standard InChI is InChI=1S/C59H38N2/c1-3-19-40(20-4-1)61(41-21-5-2-6-22-41)42-36-34-39(35-37-42)54-47-27-11-16-32-52(47)58(59-46-26-10-8-24-44(46)43-23-7-9-25-45(43)57(54)59)56-50-30-14-12-28-48(50)55(53-33-17-18-38-60-53)49-29-13-15-31-51(49)56/h1-38H. The molecule has 0 aliphatic carbocycles. The van der Waals surface area contributed by atoms with Crippen molar-refractivity contribution in [1.82, 2.24) is 4.98 Å². The third kappa shape index (κ3) is 5.54. The van der Waals surface area contributed by atoms with Crippen LogP contribution in [-0.2, 0) is 0 Å². The average molecular weight is 775 g/mol. The highest BCUT2D eigenvalue weighted by Gasteiger charge is 2.25. The molecule has 0 unspecified atom stereocenters. The molecule has 0 atom stereocenters. The first-order valence-electron chi connectivity index (χ1n) is 21.0. The molecule has 61 heavy (non-hydrogen) atoms. The highest BCUT2D eigenvalue weighted by atomic mass is 15.1. The lowest BCUT2D eigenvalue weighted by atomic mass is 9.79. The van der Waals surface area contributed by atoms with Crippen molar-refractivity contribution in [3.05, 3.63) is 231 Å². The van der Waals surface area contributed by atoms with Gasteiger partial charge in [0.05, 0.1) is 5.69 Å². The van der Waals surface area contributed by atoms with Gasteiger partial charge in [0.15, 0.2) is 0 Å². The number of hydrogen-bond donors (Lipinski definition) is 0. The van der Waals surface area contributed by atoms with Crippen molar-refractivity contribution in [1.29, 1.82) is 0 Å². The maximum atomic E-state index is 4.92. The largest absolute Gasteiger partial charge is 0.311 e. The molecule has 284 valence electrons. The molecule has 0 aliphatic rings. The van der Waals surface area contributed by atoms with Gasteiger partial charge in [0.1, 0.15) is 0 Å². The predicted octanol–water partition coefficient (Wildman–Crippen LogP) is 16.5. The number of nitrogens with zero attached hydrogens (tertiary/aromatic N) is 2. The van der Waals surface area contributed by atoms with E-state index < -0.39 is 0 Å². The van der Waals surface area contributed by atoms with Crippen LogP contribution < -0.4 is 4.90 Å². The number of para-hydroxylation sites is 2. The van der Waals surface area contributed by atoms with Crippen molar-refractivity contribution in [2.75, 3.05) is 4.90 Å². The molecule has 1 aromatic heterocycles. The van der Waals surface area contributed by atoms with Crippen LogP contribution in [0.25, 0.3) is 98.1 Å². The summed E-state index contributed by atoms with van der Waals surface area (Å²) in [6, 6.07) is 81.6. The van der Waals surface area contributed by atoms with E-state index in [1.54, 1.807) is 0 Å². The summed E-state index contributed by atoms with van der Waals surface area (Å²) in [6.45, 7) is 0. The van der Waals surface area contributed by atoms with Crippen LogP contribution in [0.4, 0.5) is 17.1 Å². The fourth-order valence-electron chi connectivity index (χ4n) is 9.97. The second-order valence-electron chi connectivity index (χ2n) is 15.7. The third-order valence-electron chi connectivity index (χ3n) is 12.4. The first-order chi connectivity index (χ1) is 30.3. The summed E-state index contributed by atoms with van der Waals surface area (Å²) in [7, 11) is 0. The van der Waals surface area contributed by atoms with Gasteiger partial charge in [0.2, 0.25) is 0 Å². The van der Waals surface area contributed by atoms with Crippen LogP contribution in [0, 0.1) is 0 Å². The molecular weight excluding hydrogens is 737 g/mol. The fourth-order valence-corrected chi connectivity index (χ4v) is 9.97. The predicted molar refractivity (Wildman–Crippen MR) is 260 cm³/mol. The van der Waals surface area contributed by atoms with Crippen LogP contribution in [0.1, 0.15) is 0 Å². The molecule has 0 bridgehead atoms. The van der Waals surface area contributed by atoms with Gasteiger partial charge in [0.25, 0.3) is 0 Å². The Kier molecular flexibility index (Phi) is 8.21. The highest BCUT2D eigenvalue weighted by Crippen LogP contribution is 2.53. The molecule has 0 N–H and O–H groups in total. The van der Waals surface area contributed by atoms with Crippen molar-refractivity contribution in [3.8, 4) is 33.5 Å². The van der Waals surface area contributed by atoms with Gasteiger partial charge < -0.3 is 4.90 Å². The van der Waals surface area contributed by atoms with E-state index in [1.807, 2.05) is 12.3 Å². The van der Waals surface area contributed by atoms with Crippen molar-refractivity contribution < 1.29 is 0 Å². The number of aromatic nitrogens is 1. The molecule has 0 saturated heterocycles. The van der Waals surface area contributed by atoms with Crippen molar-refractivity contribution >= 4 is 81.7 Å². The second-order valence-corrected chi connectivity index (χ2v) is 15.7. The average Bonchev–Trinajstić information content (AvgIpc) is 3.34. The summed E-state index contributed by atoms with van der Waals surface area (Å²) in [5.74, 6) is 0. The molecule has 0 aliphatic heterocycles. The molecule has 1 heterocycles. The maximum Gasteiger partial charge on any atom is 0.0714 e. The zero-order valence-electron chi connectivity index (χ0n) is 33.3. The molecule has 2 nitrogen and oxygen atoms in total. The summed E-state index contributed by atoms with van der Waals surface area (Å²) in [6.07, 6.45) is 1.90. The molecule has 0 saturated carbocycles.